The SMILES string of the molecule is CCc1cccc(NNC)c1. The molecule has 0 aliphatic rings. The van der Waals surface area contributed by atoms with Crippen LogP contribution in [0.5, 0.6) is 0 Å². The predicted octanol–water partition coefficient (Wildman–Crippen LogP) is 1.80. The van der Waals surface area contributed by atoms with Crippen molar-refractivity contribution in [3.05, 3.63) is 29.8 Å². The molecule has 0 aromatic heterocycles. The number of nitrogens with one attached hydrogen (secondary N) is 2. The molecule has 0 saturated heterocycles. The fourth-order valence-corrected chi connectivity index (χ4v) is 1.01. The van der Waals surface area contributed by atoms with Crippen molar-refractivity contribution >= 4 is 5.69 Å². The van der Waals surface area contributed by atoms with Gasteiger partial charge in [0.25, 0.3) is 0 Å². The summed E-state index contributed by atoms with van der Waals surface area (Å²) in [7, 11) is 1.86. The van der Waals surface area contributed by atoms with E-state index in [0.29, 0.717) is 0 Å². The van der Waals surface area contributed by atoms with E-state index in [1.165, 1.54) is 5.56 Å². The van der Waals surface area contributed by atoms with Crippen LogP contribution in [0.25, 0.3) is 0 Å². The predicted molar refractivity (Wildman–Crippen MR) is 48.5 cm³/mol. The Morgan fingerprint density at radius 1 is 1.36 bits per heavy atom. The first kappa shape index (κ1) is 8.08. The molecule has 0 aliphatic carbocycles. The third-order valence-electron chi connectivity index (χ3n) is 1.60. The van der Waals surface area contributed by atoms with E-state index in [1.54, 1.807) is 0 Å². The maximum Gasteiger partial charge on any atom is 0.0490 e. The van der Waals surface area contributed by atoms with Gasteiger partial charge in [-0.1, -0.05) is 19.1 Å². The zero-order chi connectivity index (χ0) is 8.10. The van der Waals surface area contributed by atoms with Crippen molar-refractivity contribution in [3.8, 4) is 0 Å². The zero-order valence-electron chi connectivity index (χ0n) is 7.02. The largest absolute Gasteiger partial charge is 0.322 e. The Kier molecular flexibility index (Phi) is 2.93. The van der Waals surface area contributed by atoms with Gasteiger partial charge in [-0.2, -0.15) is 0 Å². The van der Waals surface area contributed by atoms with Crippen molar-refractivity contribution in [1.82, 2.24) is 5.43 Å². The van der Waals surface area contributed by atoms with Gasteiger partial charge >= 0.3 is 0 Å². The number of hydrogen-bond acceptors (Lipinski definition) is 2. The molecule has 0 heterocycles. The summed E-state index contributed by atoms with van der Waals surface area (Å²) in [6, 6.07) is 8.35. The van der Waals surface area contributed by atoms with Crippen molar-refractivity contribution in [1.29, 1.82) is 0 Å². The van der Waals surface area contributed by atoms with E-state index in [4.69, 9.17) is 0 Å². The minimum absolute atomic E-state index is 1.08. The van der Waals surface area contributed by atoms with Gasteiger partial charge < -0.3 is 5.43 Å². The molecule has 0 bridgehead atoms. The molecule has 0 atom stereocenters. The molecular weight excluding hydrogens is 136 g/mol. The van der Waals surface area contributed by atoms with Gasteiger partial charge in [-0.25, -0.2) is 5.43 Å². The Bertz CT molecular complexity index is 221. The van der Waals surface area contributed by atoms with Crippen molar-refractivity contribution in [2.45, 2.75) is 13.3 Å². The maximum absolute atomic E-state index is 3.03. The van der Waals surface area contributed by atoms with Crippen molar-refractivity contribution in [2.75, 3.05) is 12.5 Å². The number of rotatable bonds is 3. The van der Waals surface area contributed by atoms with Crippen LogP contribution in [0.15, 0.2) is 24.3 Å². The van der Waals surface area contributed by atoms with Crippen LogP contribution >= 0.6 is 0 Å². The average molecular weight is 150 g/mol. The monoisotopic (exact) mass is 150 g/mol. The summed E-state index contributed by atoms with van der Waals surface area (Å²) in [4.78, 5) is 0. The molecule has 1 aromatic rings. The minimum Gasteiger partial charge on any atom is -0.322 e. The highest BCUT2D eigenvalue weighted by Gasteiger charge is 1.90. The second-order valence-electron chi connectivity index (χ2n) is 2.43. The van der Waals surface area contributed by atoms with E-state index < -0.39 is 0 Å². The highest BCUT2D eigenvalue weighted by Crippen LogP contribution is 2.09. The molecule has 2 N–H and O–H groups in total. The van der Waals surface area contributed by atoms with Gasteiger partial charge in [0.2, 0.25) is 0 Å². The molecule has 0 fully saturated rings. The second kappa shape index (κ2) is 3.98. The molecular formula is C9H14N2. The summed E-state index contributed by atoms with van der Waals surface area (Å²) in [5.74, 6) is 0. The average Bonchev–Trinajstić information content (AvgIpc) is 2.06. The number of hydrogen-bond donors (Lipinski definition) is 2. The van der Waals surface area contributed by atoms with E-state index >= 15 is 0 Å². The Balaban J connectivity index is 2.74. The van der Waals surface area contributed by atoms with E-state index in [1.807, 2.05) is 13.1 Å². The van der Waals surface area contributed by atoms with Crippen LogP contribution in [0.1, 0.15) is 12.5 Å². The highest BCUT2D eigenvalue weighted by atomic mass is 15.3. The molecule has 2 heteroatoms. The Morgan fingerprint density at radius 2 is 2.18 bits per heavy atom. The Morgan fingerprint density at radius 3 is 2.82 bits per heavy atom. The quantitative estimate of drug-likeness (QED) is 0.642. The van der Waals surface area contributed by atoms with Crippen LogP contribution in [0.4, 0.5) is 5.69 Å². The molecule has 11 heavy (non-hydrogen) atoms. The van der Waals surface area contributed by atoms with Crippen LogP contribution in [-0.2, 0) is 6.42 Å². The van der Waals surface area contributed by atoms with E-state index in [0.717, 1.165) is 12.1 Å². The maximum atomic E-state index is 3.03. The van der Waals surface area contributed by atoms with Gasteiger partial charge in [-0.05, 0) is 24.1 Å². The summed E-state index contributed by atoms with van der Waals surface area (Å²) in [5, 5.41) is 0. The van der Waals surface area contributed by atoms with Crippen molar-refractivity contribution < 1.29 is 0 Å². The van der Waals surface area contributed by atoms with Gasteiger partial charge in [0.15, 0.2) is 0 Å². The van der Waals surface area contributed by atoms with E-state index in [-0.39, 0.29) is 0 Å². The normalized spacial score (nSPS) is 9.64. The van der Waals surface area contributed by atoms with Crippen LogP contribution in [-0.4, -0.2) is 7.05 Å². The molecule has 0 aliphatic heterocycles. The fraction of sp³-hybridized carbons (Fsp3) is 0.333. The number of aryl methyl sites for hydroxylation is 1. The van der Waals surface area contributed by atoms with Crippen LogP contribution in [0, 0.1) is 0 Å². The van der Waals surface area contributed by atoms with Gasteiger partial charge in [0.1, 0.15) is 0 Å². The molecule has 0 spiro atoms. The number of hydrazine groups is 1. The van der Waals surface area contributed by atoms with Crippen molar-refractivity contribution in [3.63, 3.8) is 0 Å². The lowest BCUT2D eigenvalue weighted by Gasteiger charge is -2.04. The molecule has 0 radical (unpaired) electrons. The molecule has 0 saturated carbocycles. The molecule has 2 nitrogen and oxygen atoms in total. The lowest BCUT2D eigenvalue weighted by Crippen LogP contribution is -2.14. The third-order valence-corrected chi connectivity index (χ3v) is 1.60. The Labute approximate surface area is 67.6 Å². The molecule has 0 amide bonds. The molecule has 1 aromatic carbocycles. The first-order valence-corrected chi connectivity index (χ1v) is 3.88. The smallest absolute Gasteiger partial charge is 0.0490 e. The highest BCUT2D eigenvalue weighted by molar-refractivity contribution is 5.44. The molecule has 1 rings (SSSR count). The van der Waals surface area contributed by atoms with Crippen LogP contribution in [0.2, 0.25) is 0 Å². The molecule has 0 unspecified atom stereocenters. The van der Waals surface area contributed by atoms with Crippen molar-refractivity contribution in [2.24, 2.45) is 0 Å². The van der Waals surface area contributed by atoms with E-state index in [9.17, 15) is 0 Å². The first-order valence-electron chi connectivity index (χ1n) is 3.88. The standard InChI is InChI=1S/C9H14N2/c1-3-8-5-4-6-9(7-8)11-10-2/h4-7,10-11H,3H2,1-2H3. The summed E-state index contributed by atoms with van der Waals surface area (Å²) >= 11 is 0. The number of anilines is 1. The van der Waals surface area contributed by atoms with E-state index in [2.05, 4.69) is 36.0 Å². The summed E-state index contributed by atoms with van der Waals surface area (Å²) < 4.78 is 0. The minimum atomic E-state index is 1.08. The van der Waals surface area contributed by atoms with Crippen LogP contribution in [0.3, 0.4) is 0 Å². The van der Waals surface area contributed by atoms with Gasteiger partial charge in [0, 0.05) is 12.7 Å². The summed E-state index contributed by atoms with van der Waals surface area (Å²) in [6.07, 6.45) is 1.08. The number of benzene rings is 1. The second-order valence-corrected chi connectivity index (χ2v) is 2.43. The topological polar surface area (TPSA) is 24.1 Å². The third kappa shape index (κ3) is 2.24. The lowest BCUT2D eigenvalue weighted by atomic mass is 10.1. The summed E-state index contributed by atoms with van der Waals surface area (Å²) in [5.41, 5.74) is 8.39. The fourth-order valence-electron chi connectivity index (χ4n) is 1.01. The van der Waals surface area contributed by atoms with Gasteiger partial charge in [-0.3, -0.25) is 0 Å². The first-order chi connectivity index (χ1) is 5.36. The lowest BCUT2D eigenvalue weighted by molar-refractivity contribution is 0.981. The van der Waals surface area contributed by atoms with Gasteiger partial charge in [-0.15, -0.1) is 0 Å². The summed E-state index contributed by atoms with van der Waals surface area (Å²) in [6.45, 7) is 2.15. The zero-order valence-corrected chi connectivity index (χ0v) is 7.02. The van der Waals surface area contributed by atoms with Crippen LogP contribution < -0.4 is 10.9 Å². The van der Waals surface area contributed by atoms with Gasteiger partial charge in [0.05, 0.1) is 0 Å². The Hall–Kier alpha value is -1.02. The molecule has 60 valence electrons.